The molecule has 0 bridgehead atoms. The fourth-order valence-electron chi connectivity index (χ4n) is 2.91. The summed E-state index contributed by atoms with van der Waals surface area (Å²) >= 11 is 0. The summed E-state index contributed by atoms with van der Waals surface area (Å²) in [5, 5.41) is 2.48. The van der Waals surface area contributed by atoms with E-state index < -0.39 is 40.3 Å². The van der Waals surface area contributed by atoms with Crippen LogP contribution in [-0.2, 0) is 19.6 Å². The summed E-state index contributed by atoms with van der Waals surface area (Å²) in [4.78, 5) is 49.1. The highest BCUT2D eigenvalue weighted by atomic mass is 32.2. The van der Waals surface area contributed by atoms with E-state index in [2.05, 4.69) is 10.0 Å². The Bertz CT molecular complexity index is 1190. The van der Waals surface area contributed by atoms with Gasteiger partial charge >= 0.3 is 5.97 Å². The molecule has 2 aromatic carbocycles. The van der Waals surface area contributed by atoms with Crippen molar-refractivity contribution in [3.05, 3.63) is 59.2 Å². The lowest BCUT2D eigenvalue weighted by Gasteiger charge is -2.09. The van der Waals surface area contributed by atoms with E-state index in [1.54, 1.807) is 6.92 Å². The number of benzene rings is 2. The molecule has 31 heavy (non-hydrogen) atoms. The van der Waals surface area contributed by atoms with Crippen LogP contribution in [0, 0.1) is 0 Å². The molecule has 1 aliphatic heterocycles. The van der Waals surface area contributed by atoms with E-state index in [0.29, 0.717) is 0 Å². The van der Waals surface area contributed by atoms with Crippen molar-refractivity contribution in [1.29, 1.82) is 0 Å². The van der Waals surface area contributed by atoms with Gasteiger partial charge in [-0.05, 0) is 36.4 Å². The molecule has 1 heterocycles. The monoisotopic (exact) mass is 445 g/mol. The van der Waals surface area contributed by atoms with E-state index in [1.807, 2.05) is 0 Å². The van der Waals surface area contributed by atoms with Gasteiger partial charge < -0.3 is 10.1 Å². The van der Waals surface area contributed by atoms with E-state index in [-0.39, 0.29) is 33.8 Å². The zero-order valence-corrected chi connectivity index (χ0v) is 17.5. The van der Waals surface area contributed by atoms with Gasteiger partial charge in [-0.1, -0.05) is 13.0 Å². The lowest BCUT2D eigenvalue weighted by atomic mass is 10.1. The Labute approximate surface area is 178 Å². The molecule has 0 saturated carbocycles. The van der Waals surface area contributed by atoms with Crippen LogP contribution in [0.2, 0.25) is 0 Å². The first-order chi connectivity index (χ1) is 14.6. The molecule has 2 N–H and O–H groups in total. The van der Waals surface area contributed by atoms with Gasteiger partial charge in [-0.15, -0.1) is 0 Å². The third kappa shape index (κ3) is 4.62. The maximum absolute atomic E-state index is 12.2. The number of esters is 1. The molecule has 3 rings (SSSR count). The standard InChI is InChI=1S/C20H19N3O7S/c1-3-21-31(28,29)14-6-4-5-12(9-14)20(27)30-11-17(24)22-13-7-8-15-16(10-13)19(26)23(2)18(15)25/h4-10,21H,3,11H2,1-2H3,(H,22,24). The Kier molecular flexibility index (Phi) is 6.18. The molecule has 0 aromatic heterocycles. The van der Waals surface area contributed by atoms with Crippen molar-refractivity contribution >= 4 is 39.4 Å². The molecule has 0 unspecified atom stereocenters. The minimum Gasteiger partial charge on any atom is -0.452 e. The van der Waals surface area contributed by atoms with Crippen LogP contribution >= 0.6 is 0 Å². The molecule has 0 radical (unpaired) electrons. The first-order valence-corrected chi connectivity index (χ1v) is 10.7. The van der Waals surface area contributed by atoms with Crippen molar-refractivity contribution in [3.63, 3.8) is 0 Å². The summed E-state index contributed by atoms with van der Waals surface area (Å²) in [6.07, 6.45) is 0. The number of hydrogen-bond donors (Lipinski definition) is 2. The van der Waals surface area contributed by atoms with Crippen LogP contribution in [0.4, 0.5) is 5.69 Å². The Morgan fingerprint density at radius 1 is 1.03 bits per heavy atom. The predicted molar refractivity (Wildman–Crippen MR) is 109 cm³/mol. The van der Waals surface area contributed by atoms with Gasteiger partial charge in [0.1, 0.15) is 0 Å². The average molecular weight is 445 g/mol. The zero-order valence-electron chi connectivity index (χ0n) is 16.7. The van der Waals surface area contributed by atoms with Gasteiger partial charge in [-0.25, -0.2) is 17.9 Å². The van der Waals surface area contributed by atoms with Crippen LogP contribution in [-0.4, -0.2) is 57.2 Å². The number of carbonyl (C=O) groups is 4. The molecular weight excluding hydrogens is 426 g/mol. The van der Waals surface area contributed by atoms with Gasteiger partial charge in [0.2, 0.25) is 10.0 Å². The molecule has 2 aromatic rings. The number of sulfonamides is 1. The van der Waals surface area contributed by atoms with Crippen LogP contribution in [0.1, 0.15) is 38.0 Å². The van der Waals surface area contributed by atoms with Crippen molar-refractivity contribution < 1.29 is 32.3 Å². The number of amides is 3. The molecule has 0 saturated heterocycles. The number of anilines is 1. The summed E-state index contributed by atoms with van der Waals surface area (Å²) in [6.45, 7) is 1.18. The van der Waals surface area contributed by atoms with Crippen molar-refractivity contribution in [3.8, 4) is 0 Å². The highest BCUT2D eigenvalue weighted by Gasteiger charge is 2.32. The summed E-state index contributed by atoms with van der Waals surface area (Å²) in [7, 11) is -2.39. The smallest absolute Gasteiger partial charge is 0.338 e. The SMILES string of the molecule is CCNS(=O)(=O)c1cccc(C(=O)OCC(=O)Nc2ccc3c(c2)C(=O)N(C)C3=O)c1. The fraction of sp³-hybridized carbons (Fsp3) is 0.200. The minimum absolute atomic E-state index is 0.0311. The van der Waals surface area contributed by atoms with Crippen LogP contribution < -0.4 is 10.0 Å². The zero-order chi connectivity index (χ0) is 22.8. The van der Waals surface area contributed by atoms with E-state index in [9.17, 15) is 27.6 Å². The maximum atomic E-state index is 12.2. The molecule has 0 atom stereocenters. The highest BCUT2D eigenvalue weighted by Crippen LogP contribution is 2.24. The fourth-order valence-corrected chi connectivity index (χ4v) is 4.00. The minimum atomic E-state index is -3.75. The number of rotatable bonds is 7. The van der Waals surface area contributed by atoms with Gasteiger partial charge in [0.25, 0.3) is 17.7 Å². The normalized spacial score (nSPS) is 13.2. The lowest BCUT2D eigenvalue weighted by Crippen LogP contribution is -2.24. The highest BCUT2D eigenvalue weighted by molar-refractivity contribution is 7.89. The van der Waals surface area contributed by atoms with E-state index in [0.717, 1.165) is 11.0 Å². The van der Waals surface area contributed by atoms with Crippen LogP contribution in [0.5, 0.6) is 0 Å². The lowest BCUT2D eigenvalue weighted by molar-refractivity contribution is -0.119. The second-order valence-corrected chi connectivity index (χ2v) is 8.35. The van der Waals surface area contributed by atoms with Crippen molar-refractivity contribution in [2.45, 2.75) is 11.8 Å². The number of hydrogen-bond acceptors (Lipinski definition) is 7. The Morgan fingerprint density at radius 3 is 2.45 bits per heavy atom. The molecule has 0 fully saturated rings. The Hall–Kier alpha value is -3.57. The van der Waals surface area contributed by atoms with Crippen LogP contribution in [0.25, 0.3) is 0 Å². The second kappa shape index (κ2) is 8.66. The number of fused-ring (bicyclic) bond motifs is 1. The molecule has 3 amide bonds. The number of imide groups is 1. The quantitative estimate of drug-likeness (QED) is 0.479. The van der Waals surface area contributed by atoms with Crippen molar-refractivity contribution in [1.82, 2.24) is 9.62 Å². The van der Waals surface area contributed by atoms with Gasteiger partial charge in [0, 0.05) is 19.3 Å². The Balaban J connectivity index is 1.63. The average Bonchev–Trinajstić information content (AvgIpc) is 2.96. The number of nitrogens with zero attached hydrogens (tertiary/aromatic N) is 1. The third-order valence-electron chi connectivity index (χ3n) is 4.42. The summed E-state index contributed by atoms with van der Waals surface area (Å²) < 4.78 is 31.3. The molecule has 1 aliphatic rings. The number of carbonyl (C=O) groups excluding carboxylic acids is 4. The van der Waals surface area contributed by atoms with Gasteiger partial charge in [-0.2, -0.15) is 0 Å². The molecule has 162 valence electrons. The van der Waals surface area contributed by atoms with Crippen molar-refractivity contribution in [2.24, 2.45) is 0 Å². The van der Waals surface area contributed by atoms with Gasteiger partial charge in [-0.3, -0.25) is 19.3 Å². The predicted octanol–water partition coefficient (Wildman–Crippen LogP) is 1.01. The molecular formula is C20H19N3O7S. The number of ether oxygens (including phenoxy) is 1. The van der Waals surface area contributed by atoms with E-state index in [1.165, 1.54) is 43.4 Å². The molecule has 11 heteroatoms. The first-order valence-electron chi connectivity index (χ1n) is 9.17. The van der Waals surface area contributed by atoms with Crippen LogP contribution in [0.3, 0.4) is 0 Å². The van der Waals surface area contributed by atoms with Crippen molar-refractivity contribution in [2.75, 3.05) is 25.5 Å². The third-order valence-corrected chi connectivity index (χ3v) is 5.97. The Morgan fingerprint density at radius 2 is 1.74 bits per heavy atom. The maximum Gasteiger partial charge on any atom is 0.338 e. The molecule has 10 nitrogen and oxygen atoms in total. The molecule has 0 spiro atoms. The first kappa shape index (κ1) is 22.1. The summed E-state index contributed by atoms with van der Waals surface area (Å²) in [5.74, 6) is -2.45. The number of nitrogens with one attached hydrogen (secondary N) is 2. The molecule has 0 aliphatic carbocycles. The second-order valence-electron chi connectivity index (χ2n) is 6.58. The van der Waals surface area contributed by atoms with Gasteiger partial charge in [0.15, 0.2) is 6.61 Å². The van der Waals surface area contributed by atoms with E-state index >= 15 is 0 Å². The summed E-state index contributed by atoms with van der Waals surface area (Å²) in [6, 6.07) is 9.49. The van der Waals surface area contributed by atoms with Crippen LogP contribution in [0.15, 0.2) is 47.4 Å². The largest absolute Gasteiger partial charge is 0.452 e. The van der Waals surface area contributed by atoms with Gasteiger partial charge in [0.05, 0.1) is 21.6 Å². The summed E-state index contributed by atoms with van der Waals surface area (Å²) in [5.41, 5.74) is 0.636. The topological polar surface area (TPSA) is 139 Å². The van der Waals surface area contributed by atoms with E-state index in [4.69, 9.17) is 4.74 Å².